The minimum atomic E-state index is 0.262. The van der Waals surface area contributed by atoms with Crippen molar-refractivity contribution in [2.45, 2.75) is 12.5 Å². The van der Waals surface area contributed by atoms with Gasteiger partial charge in [0.05, 0.1) is 6.61 Å². The molecule has 0 unspecified atom stereocenters. The number of hydrogen-bond donors (Lipinski definition) is 2. The fraction of sp³-hybridized carbons (Fsp3) is 0.500. The van der Waals surface area contributed by atoms with Crippen LogP contribution in [0, 0.1) is 0 Å². The Hall–Kier alpha value is -1.06. The maximum atomic E-state index is 8.84. The van der Waals surface area contributed by atoms with Gasteiger partial charge in [0.2, 0.25) is 0 Å². The summed E-state index contributed by atoms with van der Waals surface area (Å²) in [7, 11) is 0. The molecule has 82 valence electrons. The lowest BCUT2D eigenvalue weighted by atomic mass is 10.2. The molecule has 3 nitrogen and oxygen atoms in total. The molecular weight excluding hydrogens is 188 g/mol. The third kappa shape index (κ3) is 2.94. The Kier molecular flexibility index (Phi) is 3.59. The minimum Gasteiger partial charge on any atom is -0.395 e. The van der Waals surface area contributed by atoms with Crippen molar-refractivity contribution >= 4 is 5.69 Å². The predicted octanol–water partition coefficient (Wildman–Crippen LogP) is 1.17. The van der Waals surface area contributed by atoms with Crippen LogP contribution in [0.3, 0.4) is 0 Å². The molecule has 0 spiro atoms. The SMILES string of the molecule is OCCN1CC[C@H](Nc2ccccc2)C1. The Balaban J connectivity index is 1.82. The van der Waals surface area contributed by atoms with Gasteiger partial charge in [-0.25, -0.2) is 0 Å². The highest BCUT2D eigenvalue weighted by Gasteiger charge is 2.21. The summed E-state index contributed by atoms with van der Waals surface area (Å²) in [5.74, 6) is 0. The standard InChI is InChI=1S/C12H18N2O/c15-9-8-14-7-6-12(10-14)13-11-4-2-1-3-5-11/h1-5,12-13,15H,6-10H2/t12-/m0/s1. The van der Waals surface area contributed by atoms with Gasteiger partial charge in [0, 0.05) is 31.4 Å². The molecule has 2 N–H and O–H groups in total. The number of aliphatic hydroxyl groups is 1. The molecule has 15 heavy (non-hydrogen) atoms. The number of hydrogen-bond acceptors (Lipinski definition) is 3. The number of anilines is 1. The van der Waals surface area contributed by atoms with E-state index in [4.69, 9.17) is 5.11 Å². The number of benzene rings is 1. The summed E-state index contributed by atoms with van der Waals surface area (Å²) >= 11 is 0. The number of aliphatic hydroxyl groups excluding tert-OH is 1. The predicted molar refractivity (Wildman–Crippen MR) is 62.0 cm³/mol. The second kappa shape index (κ2) is 5.14. The van der Waals surface area contributed by atoms with E-state index >= 15 is 0 Å². The molecule has 1 aliphatic rings. The molecule has 0 aliphatic carbocycles. The summed E-state index contributed by atoms with van der Waals surface area (Å²) < 4.78 is 0. The summed E-state index contributed by atoms with van der Waals surface area (Å²) in [5.41, 5.74) is 1.19. The third-order valence-electron chi connectivity index (χ3n) is 2.83. The molecule has 2 rings (SSSR count). The van der Waals surface area contributed by atoms with E-state index in [1.807, 2.05) is 18.2 Å². The van der Waals surface area contributed by atoms with E-state index in [2.05, 4.69) is 22.3 Å². The van der Waals surface area contributed by atoms with Gasteiger partial charge >= 0.3 is 0 Å². The van der Waals surface area contributed by atoms with Gasteiger partial charge in [-0.15, -0.1) is 0 Å². The first-order chi connectivity index (χ1) is 7.38. The van der Waals surface area contributed by atoms with Gasteiger partial charge in [-0.2, -0.15) is 0 Å². The maximum absolute atomic E-state index is 8.84. The van der Waals surface area contributed by atoms with Gasteiger partial charge in [-0.3, -0.25) is 4.90 Å². The van der Waals surface area contributed by atoms with E-state index in [9.17, 15) is 0 Å². The van der Waals surface area contributed by atoms with Gasteiger partial charge in [0.1, 0.15) is 0 Å². The van der Waals surface area contributed by atoms with Crippen molar-refractivity contribution in [2.24, 2.45) is 0 Å². The Morgan fingerprint density at radius 3 is 2.87 bits per heavy atom. The lowest BCUT2D eigenvalue weighted by Gasteiger charge is -2.16. The smallest absolute Gasteiger partial charge is 0.0558 e. The number of rotatable bonds is 4. The molecule has 3 heteroatoms. The molecule has 1 saturated heterocycles. The van der Waals surface area contributed by atoms with Gasteiger partial charge in [0.25, 0.3) is 0 Å². The van der Waals surface area contributed by atoms with Crippen molar-refractivity contribution in [3.05, 3.63) is 30.3 Å². The quantitative estimate of drug-likeness (QED) is 0.776. The Morgan fingerprint density at radius 2 is 2.13 bits per heavy atom. The Labute approximate surface area is 90.7 Å². The first kappa shape index (κ1) is 10.5. The summed E-state index contributed by atoms with van der Waals surface area (Å²) in [5, 5.41) is 12.3. The highest BCUT2D eigenvalue weighted by atomic mass is 16.3. The van der Waals surface area contributed by atoms with Crippen molar-refractivity contribution < 1.29 is 5.11 Å². The summed E-state index contributed by atoms with van der Waals surface area (Å²) in [4.78, 5) is 2.29. The van der Waals surface area contributed by atoms with Crippen LogP contribution in [-0.4, -0.2) is 42.3 Å². The van der Waals surface area contributed by atoms with Crippen molar-refractivity contribution in [3.63, 3.8) is 0 Å². The van der Waals surface area contributed by atoms with E-state index in [0.29, 0.717) is 6.04 Å². The fourth-order valence-electron chi connectivity index (χ4n) is 2.07. The number of para-hydroxylation sites is 1. The maximum Gasteiger partial charge on any atom is 0.0558 e. The van der Waals surface area contributed by atoms with Crippen LogP contribution in [0.1, 0.15) is 6.42 Å². The van der Waals surface area contributed by atoms with Crippen LogP contribution >= 0.6 is 0 Å². The van der Waals surface area contributed by atoms with Crippen LogP contribution in [0.4, 0.5) is 5.69 Å². The lowest BCUT2D eigenvalue weighted by molar-refractivity contribution is 0.221. The van der Waals surface area contributed by atoms with E-state index in [0.717, 1.165) is 26.1 Å². The van der Waals surface area contributed by atoms with Crippen LogP contribution in [0.15, 0.2) is 30.3 Å². The summed E-state index contributed by atoms with van der Waals surface area (Å²) in [6, 6.07) is 10.8. The fourth-order valence-corrected chi connectivity index (χ4v) is 2.07. The van der Waals surface area contributed by atoms with Crippen molar-refractivity contribution in [1.29, 1.82) is 0 Å². The third-order valence-corrected chi connectivity index (χ3v) is 2.83. The van der Waals surface area contributed by atoms with Crippen LogP contribution in [0.25, 0.3) is 0 Å². The highest BCUT2D eigenvalue weighted by molar-refractivity contribution is 5.43. The highest BCUT2D eigenvalue weighted by Crippen LogP contribution is 2.14. The molecule has 1 heterocycles. The van der Waals surface area contributed by atoms with E-state index < -0.39 is 0 Å². The number of likely N-dealkylation sites (tertiary alicyclic amines) is 1. The van der Waals surface area contributed by atoms with E-state index in [1.54, 1.807) is 0 Å². The van der Waals surface area contributed by atoms with Crippen molar-refractivity contribution in [1.82, 2.24) is 4.90 Å². The minimum absolute atomic E-state index is 0.262. The number of nitrogens with zero attached hydrogens (tertiary/aromatic N) is 1. The van der Waals surface area contributed by atoms with Crippen LogP contribution in [0.2, 0.25) is 0 Å². The Morgan fingerprint density at radius 1 is 1.33 bits per heavy atom. The molecule has 1 fully saturated rings. The molecule has 1 atom stereocenters. The van der Waals surface area contributed by atoms with Gasteiger partial charge in [0.15, 0.2) is 0 Å². The van der Waals surface area contributed by atoms with Crippen LogP contribution < -0.4 is 5.32 Å². The summed E-state index contributed by atoms with van der Waals surface area (Å²) in [6.45, 7) is 3.19. The van der Waals surface area contributed by atoms with Crippen LogP contribution in [-0.2, 0) is 0 Å². The van der Waals surface area contributed by atoms with Crippen molar-refractivity contribution in [2.75, 3.05) is 31.6 Å². The van der Waals surface area contributed by atoms with E-state index in [1.165, 1.54) is 5.69 Å². The lowest BCUT2D eigenvalue weighted by Crippen LogP contribution is -2.28. The van der Waals surface area contributed by atoms with E-state index in [-0.39, 0.29) is 6.61 Å². The first-order valence-electron chi connectivity index (χ1n) is 5.53. The monoisotopic (exact) mass is 206 g/mol. The molecule has 0 saturated carbocycles. The zero-order valence-electron chi connectivity index (χ0n) is 8.89. The topological polar surface area (TPSA) is 35.5 Å². The average Bonchev–Trinajstić information content (AvgIpc) is 2.68. The molecule has 0 radical (unpaired) electrons. The largest absolute Gasteiger partial charge is 0.395 e. The molecule has 0 amide bonds. The number of nitrogens with one attached hydrogen (secondary N) is 1. The molecule has 0 aromatic heterocycles. The second-order valence-electron chi connectivity index (χ2n) is 4.02. The zero-order valence-corrected chi connectivity index (χ0v) is 8.89. The number of β-amino-alcohol motifs (C(OH)–C–C–N with tert-alkyl or cyclic N) is 1. The second-order valence-corrected chi connectivity index (χ2v) is 4.02. The first-order valence-corrected chi connectivity index (χ1v) is 5.53. The molecule has 1 aromatic rings. The van der Waals surface area contributed by atoms with Crippen molar-refractivity contribution in [3.8, 4) is 0 Å². The zero-order chi connectivity index (χ0) is 10.5. The molecule has 1 aliphatic heterocycles. The molecule has 0 bridgehead atoms. The normalized spacial score (nSPS) is 21.8. The average molecular weight is 206 g/mol. The van der Waals surface area contributed by atoms with Gasteiger partial charge in [-0.1, -0.05) is 18.2 Å². The summed E-state index contributed by atoms with van der Waals surface area (Å²) in [6.07, 6.45) is 1.16. The Bertz CT molecular complexity index is 289. The van der Waals surface area contributed by atoms with Gasteiger partial charge in [-0.05, 0) is 18.6 Å². The molecule has 1 aromatic carbocycles. The van der Waals surface area contributed by atoms with Gasteiger partial charge < -0.3 is 10.4 Å². The molecular formula is C12H18N2O. The van der Waals surface area contributed by atoms with Crippen LogP contribution in [0.5, 0.6) is 0 Å².